The molecule has 118 valence electrons. The van der Waals surface area contributed by atoms with Gasteiger partial charge in [-0.3, -0.25) is 4.79 Å². The smallest absolute Gasteiger partial charge is 0.269 e. The molecule has 0 saturated carbocycles. The molecule has 1 atom stereocenters. The summed E-state index contributed by atoms with van der Waals surface area (Å²) in [5.41, 5.74) is 3.53. The zero-order valence-corrected chi connectivity index (χ0v) is 12.9. The molecule has 0 unspecified atom stereocenters. The van der Waals surface area contributed by atoms with E-state index in [0.717, 1.165) is 18.5 Å². The van der Waals surface area contributed by atoms with Gasteiger partial charge < -0.3 is 14.8 Å². The van der Waals surface area contributed by atoms with Gasteiger partial charge in [-0.25, -0.2) is 0 Å². The van der Waals surface area contributed by atoms with Gasteiger partial charge in [0.05, 0.1) is 0 Å². The van der Waals surface area contributed by atoms with Crippen LogP contribution in [-0.4, -0.2) is 18.6 Å². The molecular weight excluding hydrogens is 290 g/mol. The monoisotopic (exact) mass is 309 g/mol. The van der Waals surface area contributed by atoms with Crippen LogP contribution in [0.15, 0.2) is 42.5 Å². The highest BCUT2D eigenvalue weighted by Gasteiger charge is 2.28. The molecule has 1 heterocycles. The highest BCUT2D eigenvalue weighted by atomic mass is 16.6. The van der Waals surface area contributed by atoms with Gasteiger partial charge in [0.1, 0.15) is 6.61 Å². The Bertz CT molecular complexity index is 741. The second-order valence-electron chi connectivity index (χ2n) is 6.00. The largest absolute Gasteiger partial charge is 0.485 e. The van der Waals surface area contributed by atoms with E-state index in [0.29, 0.717) is 11.5 Å². The number of amides is 1. The molecule has 2 aliphatic rings. The van der Waals surface area contributed by atoms with Crippen LogP contribution in [0, 0.1) is 0 Å². The van der Waals surface area contributed by atoms with E-state index < -0.39 is 6.10 Å². The summed E-state index contributed by atoms with van der Waals surface area (Å²) in [6.45, 7) is 0.234. The lowest BCUT2D eigenvalue weighted by atomic mass is 9.90. The van der Waals surface area contributed by atoms with Crippen LogP contribution in [0.1, 0.15) is 24.0 Å². The molecule has 0 bridgehead atoms. The zero-order valence-electron chi connectivity index (χ0n) is 12.9. The van der Waals surface area contributed by atoms with Crippen molar-refractivity contribution in [2.24, 2.45) is 0 Å². The van der Waals surface area contributed by atoms with Crippen LogP contribution in [0.4, 0.5) is 5.69 Å². The number of hydrogen-bond donors (Lipinski definition) is 1. The predicted octanol–water partition coefficient (Wildman–Crippen LogP) is 3.34. The Hall–Kier alpha value is -2.49. The van der Waals surface area contributed by atoms with Gasteiger partial charge in [-0.1, -0.05) is 24.3 Å². The first kappa shape index (κ1) is 14.1. The summed E-state index contributed by atoms with van der Waals surface area (Å²) in [5, 5.41) is 3.03. The lowest BCUT2D eigenvalue weighted by Gasteiger charge is -2.26. The van der Waals surface area contributed by atoms with Crippen LogP contribution >= 0.6 is 0 Å². The molecule has 1 aliphatic carbocycles. The Balaban J connectivity index is 1.51. The summed E-state index contributed by atoms with van der Waals surface area (Å²) in [4.78, 5) is 12.5. The normalized spacial score (nSPS) is 18.9. The third kappa shape index (κ3) is 2.77. The molecule has 0 fully saturated rings. The molecule has 4 nitrogen and oxygen atoms in total. The first-order valence-electron chi connectivity index (χ1n) is 8.11. The van der Waals surface area contributed by atoms with Gasteiger partial charge in [0.25, 0.3) is 5.91 Å². The number of nitrogens with one attached hydrogen (secondary N) is 1. The summed E-state index contributed by atoms with van der Waals surface area (Å²) < 4.78 is 11.4. The van der Waals surface area contributed by atoms with Crippen LogP contribution in [0.5, 0.6) is 11.5 Å². The fourth-order valence-corrected chi connectivity index (χ4v) is 3.26. The summed E-state index contributed by atoms with van der Waals surface area (Å²) in [6.07, 6.45) is 3.90. The summed E-state index contributed by atoms with van der Waals surface area (Å²) in [7, 11) is 0. The first-order valence-corrected chi connectivity index (χ1v) is 8.11. The number of rotatable bonds is 2. The number of aryl methyl sites for hydroxylation is 1. The van der Waals surface area contributed by atoms with Gasteiger partial charge >= 0.3 is 0 Å². The quantitative estimate of drug-likeness (QED) is 0.925. The molecule has 2 aromatic rings. The highest BCUT2D eigenvalue weighted by Crippen LogP contribution is 2.32. The standard InChI is InChI=1S/C19H19NO3/c21-19(18-12-22-16-10-3-4-11-17(16)23-18)20-15-9-5-7-13-6-1-2-8-14(13)15/h3-5,7,9-11,18H,1-2,6,8,12H2,(H,20,21)/t18-/m0/s1. The molecule has 4 heteroatoms. The fourth-order valence-electron chi connectivity index (χ4n) is 3.26. The van der Waals surface area contributed by atoms with E-state index in [4.69, 9.17) is 9.47 Å². The minimum Gasteiger partial charge on any atom is -0.485 e. The van der Waals surface area contributed by atoms with Crippen molar-refractivity contribution in [1.29, 1.82) is 0 Å². The van der Waals surface area contributed by atoms with E-state index >= 15 is 0 Å². The number of para-hydroxylation sites is 2. The molecule has 0 saturated heterocycles. The van der Waals surface area contributed by atoms with Crippen LogP contribution < -0.4 is 14.8 Å². The van der Waals surface area contributed by atoms with Crippen molar-refractivity contribution in [2.45, 2.75) is 31.8 Å². The van der Waals surface area contributed by atoms with Crippen LogP contribution in [0.25, 0.3) is 0 Å². The Labute approximate surface area is 135 Å². The molecular formula is C19H19NO3. The summed E-state index contributed by atoms with van der Waals surface area (Å²) in [6, 6.07) is 13.6. The van der Waals surface area contributed by atoms with Gasteiger partial charge in [0.2, 0.25) is 6.10 Å². The summed E-state index contributed by atoms with van der Waals surface area (Å²) in [5.74, 6) is 1.15. The van der Waals surface area contributed by atoms with Gasteiger partial charge in [-0.2, -0.15) is 0 Å². The SMILES string of the molecule is O=C(Nc1cccc2c1CCCC2)[C@@H]1COc2ccccc2O1. The van der Waals surface area contributed by atoms with Crippen molar-refractivity contribution in [3.05, 3.63) is 53.6 Å². The Morgan fingerprint density at radius 3 is 2.74 bits per heavy atom. The molecule has 2 aromatic carbocycles. The average Bonchev–Trinajstić information content (AvgIpc) is 2.61. The number of benzene rings is 2. The van der Waals surface area contributed by atoms with E-state index in [2.05, 4.69) is 11.4 Å². The van der Waals surface area contributed by atoms with Gasteiger partial charge in [0.15, 0.2) is 11.5 Å². The zero-order chi connectivity index (χ0) is 15.6. The Kier molecular flexibility index (Phi) is 3.66. The number of anilines is 1. The van der Waals surface area contributed by atoms with E-state index in [1.54, 1.807) is 0 Å². The maximum Gasteiger partial charge on any atom is 0.269 e. The molecule has 1 aliphatic heterocycles. The van der Waals surface area contributed by atoms with Crippen molar-refractivity contribution in [3.63, 3.8) is 0 Å². The maximum atomic E-state index is 12.5. The molecule has 23 heavy (non-hydrogen) atoms. The predicted molar refractivity (Wildman–Crippen MR) is 88.1 cm³/mol. The van der Waals surface area contributed by atoms with Crippen molar-refractivity contribution in [1.82, 2.24) is 0 Å². The number of carbonyl (C=O) groups excluding carboxylic acids is 1. The number of carbonyl (C=O) groups is 1. The van der Waals surface area contributed by atoms with E-state index in [1.807, 2.05) is 36.4 Å². The van der Waals surface area contributed by atoms with Gasteiger partial charge in [-0.05, 0) is 55.0 Å². The third-order valence-corrected chi connectivity index (χ3v) is 4.45. The average molecular weight is 309 g/mol. The third-order valence-electron chi connectivity index (χ3n) is 4.45. The highest BCUT2D eigenvalue weighted by molar-refractivity contribution is 5.95. The van der Waals surface area contributed by atoms with E-state index in [1.165, 1.54) is 24.0 Å². The van der Waals surface area contributed by atoms with Crippen LogP contribution in [0.2, 0.25) is 0 Å². The fraction of sp³-hybridized carbons (Fsp3) is 0.316. The minimum atomic E-state index is -0.621. The molecule has 4 rings (SSSR count). The van der Waals surface area contributed by atoms with E-state index in [-0.39, 0.29) is 12.5 Å². The van der Waals surface area contributed by atoms with Crippen LogP contribution in [-0.2, 0) is 17.6 Å². The second kappa shape index (κ2) is 5.95. The summed E-state index contributed by atoms with van der Waals surface area (Å²) >= 11 is 0. The second-order valence-corrected chi connectivity index (χ2v) is 6.00. The van der Waals surface area contributed by atoms with Crippen molar-refractivity contribution in [2.75, 3.05) is 11.9 Å². The molecule has 0 spiro atoms. The van der Waals surface area contributed by atoms with Crippen molar-refractivity contribution in [3.8, 4) is 11.5 Å². The number of fused-ring (bicyclic) bond motifs is 2. The van der Waals surface area contributed by atoms with Crippen molar-refractivity contribution < 1.29 is 14.3 Å². The first-order chi connectivity index (χ1) is 11.3. The van der Waals surface area contributed by atoms with Crippen LogP contribution in [0.3, 0.4) is 0 Å². The van der Waals surface area contributed by atoms with Gasteiger partial charge in [-0.15, -0.1) is 0 Å². The maximum absolute atomic E-state index is 12.5. The number of hydrogen-bond acceptors (Lipinski definition) is 3. The lowest BCUT2D eigenvalue weighted by Crippen LogP contribution is -2.40. The topological polar surface area (TPSA) is 47.6 Å². The molecule has 1 N–H and O–H groups in total. The molecule has 0 aromatic heterocycles. The lowest BCUT2D eigenvalue weighted by molar-refractivity contribution is -0.125. The Morgan fingerprint density at radius 1 is 1.00 bits per heavy atom. The molecule has 0 radical (unpaired) electrons. The molecule has 1 amide bonds. The van der Waals surface area contributed by atoms with E-state index in [9.17, 15) is 4.79 Å². The van der Waals surface area contributed by atoms with Crippen molar-refractivity contribution >= 4 is 11.6 Å². The minimum absolute atomic E-state index is 0.154. The number of ether oxygens (including phenoxy) is 2. The van der Waals surface area contributed by atoms with Gasteiger partial charge in [0, 0.05) is 5.69 Å². The Morgan fingerprint density at radius 2 is 1.83 bits per heavy atom.